The van der Waals surface area contributed by atoms with Gasteiger partial charge in [-0.15, -0.1) is 0 Å². The van der Waals surface area contributed by atoms with Crippen molar-refractivity contribution in [2.24, 2.45) is 5.73 Å². The van der Waals surface area contributed by atoms with Gasteiger partial charge in [0.05, 0.1) is 10.5 Å². The molecule has 8 heteroatoms. The maximum absolute atomic E-state index is 14.2. The lowest BCUT2D eigenvalue weighted by atomic mass is 10.1. The Morgan fingerprint density at radius 1 is 1.36 bits per heavy atom. The van der Waals surface area contributed by atoms with Gasteiger partial charge in [-0.2, -0.15) is 0 Å². The van der Waals surface area contributed by atoms with Gasteiger partial charge in [0.1, 0.15) is 12.2 Å². The number of primary amides is 1. The third kappa shape index (κ3) is 7.72. The number of nitrogens with two attached hydrogens (primary N) is 1. The van der Waals surface area contributed by atoms with Crippen molar-refractivity contribution in [1.29, 1.82) is 0 Å². The van der Waals surface area contributed by atoms with E-state index in [1.165, 1.54) is 6.07 Å². The van der Waals surface area contributed by atoms with Gasteiger partial charge in [-0.1, -0.05) is 6.07 Å². The van der Waals surface area contributed by atoms with Crippen LogP contribution in [0.1, 0.15) is 39.2 Å². The van der Waals surface area contributed by atoms with Crippen molar-refractivity contribution in [3.05, 3.63) is 28.0 Å². The Morgan fingerprint density at radius 2 is 2.00 bits per heavy atom. The third-order valence-corrected chi connectivity index (χ3v) is 4.11. The van der Waals surface area contributed by atoms with E-state index in [0.29, 0.717) is 4.47 Å². The van der Waals surface area contributed by atoms with E-state index in [1.807, 2.05) is 0 Å². The zero-order valence-electron chi connectivity index (χ0n) is 14.8. The molecule has 1 atom stereocenters. The summed E-state index contributed by atoms with van der Waals surface area (Å²) in [5, 5.41) is 2.62. The van der Waals surface area contributed by atoms with Gasteiger partial charge in [0.15, 0.2) is 11.6 Å². The van der Waals surface area contributed by atoms with Gasteiger partial charge >= 0.3 is 6.09 Å². The number of benzene rings is 1. The number of hydrogen-bond acceptors (Lipinski definition) is 4. The first-order valence-electron chi connectivity index (χ1n) is 7.85. The number of carbonyl (C=O) groups is 2. The van der Waals surface area contributed by atoms with Gasteiger partial charge in [0.2, 0.25) is 5.91 Å². The molecule has 3 N–H and O–H groups in total. The maximum atomic E-state index is 14.2. The second-order valence-corrected chi connectivity index (χ2v) is 7.46. The first-order valence-corrected chi connectivity index (χ1v) is 8.64. The van der Waals surface area contributed by atoms with E-state index in [-0.39, 0.29) is 25.2 Å². The van der Waals surface area contributed by atoms with Gasteiger partial charge in [-0.25, -0.2) is 9.18 Å². The van der Waals surface area contributed by atoms with E-state index >= 15 is 0 Å². The third-order valence-electron chi connectivity index (χ3n) is 3.14. The van der Waals surface area contributed by atoms with E-state index in [1.54, 1.807) is 33.8 Å². The zero-order chi connectivity index (χ0) is 19.2. The van der Waals surface area contributed by atoms with Crippen molar-refractivity contribution < 1.29 is 23.5 Å². The van der Waals surface area contributed by atoms with Crippen molar-refractivity contribution in [3.63, 3.8) is 0 Å². The molecule has 1 rings (SSSR count). The van der Waals surface area contributed by atoms with Crippen molar-refractivity contribution >= 4 is 27.9 Å². The summed E-state index contributed by atoms with van der Waals surface area (Å²) in [7, 11) is 0. The molecule has 0 aromatic heterocycles. The molecule has 1 aromatic carbocycles. The average molecular weight is 419 g/mol. The van der Waals surface area contributed by atoms with Gasteiger partial charge in [0, 0.05) is 6.42 Å². The molecule has 0 unspecified atom stereocenters. The Labute approximate surface area is 155 Å². The molecule has 0 radical (unpaired) electrons. The average Bonchev–Trinajstić information content (AvgIpc) is 2.47. The lowest BCUT2D eigenvalue weighted by Crippen LogP contribution is -2.42. The fraction of sp³-hybridized carbons (Fsp3) is 0.529. The van der Waals surface area contributed by atoms with Crippen LogP contribution in [-0.4, -0.2) is 30.3 Å². The number of carbonyl (C=O) groups excluding carboxylic acids is 2. The molecule has 0 aliphatic rings. The summed E-state index contributed by atoms with van der Waals surface area (Å²) in [6.07, 6.45) is -0.330. The van der Waals surface area contributed by atoms with Crippen molar-refractivity contribution in [2.45, 2.75) is 52.2 Å². The predicted octanol–water partition coefficient (Wildman–Crippen LogP) is 3.43. The smallest absolute Gasteiger partial charge is 0.407 e. The number of halogens is 2. The molecule has 25 heavy (non-hydrogen) atoms. The SMILES string of the molecule is Cc1ccc(OC[C@H](CCC(N)=O)NC(=O)OC(C)(C)C)c(F)c1Br. The lowest BCUT2D eigenvalue weighted by molar-refractivity contribution is -0.118. The molecule has 1 aromatic rings. The van der Waals surface area contributed by atoms with Gasteiger partial charge in [-0.3, -0.25) is 4.79 Å². The number of ether oxygens (including phenoxy) is 2. The highest BCUT2D eigenvalue weighted by Gasteiger charge is 2.21. The first-order chi connectivity index (χ1) is 11.5. The van der Waals surface area contributed by atoms with Gasteiger partial charge in [-0.05, 0) is 61.7 Å². The molecular formula is C17H24BrFN2O4. The Balaban J connectivity index is 2.75. The highest BCUT2D eigenvalue weighted by atomic mass is 79.9. The molecule has 0 saturated heterocycles. The molecule has 0 aliphatic heterocycles. The summed E-state index contributed by atoms with van der Waals surface area (Å²) in [5.41, 5.74) is 5.23. The van der Waals surface area contributed by atoms with E-state index in [2.05, 4.69) is 21.2 Å². The minimum Gasteiger partial charge on any atom is -0.488 e. The van der Waals surface area contributed by atoms with E-state index in [9.17, 15) is 14.0 Å². The Morgan fingerprint density at radius 3 is 2.56 bits per heavy atom. The van der Waals surface area contributed by atoms with Crippen molar-refractivity contribution in [1.82, 2.24) is 5.32 Å². The summed E-state index contributed by atoms with van der Waals surface area (Å²) in [4.78, 5) is 22.9. The van der Waals surface area contributed by atoms with Crippen molar-refractivity contribution in [2.75, 3.05) is 6.61 Å². The molecule has 0 heterocycles. The Kier molecular flexibility index (Phi) is 7.66. The number of rotatable bonds is 7. The summed E-state index contributed by atoms with van der Waals surface area (Å²) >= 11 is 3.15. The largest absolute Gasteiger partial charge is 0.488 e. The van der Waals surface area contributed by atoms with E-state index in [0.717, 1.165) is 5.56 Å². The van der Waals surface area contributed by atoms with E-state index < -0.39 is 29.5 Å². The Bertz CT molecular complexity index is 632. The molecule has 0 fully saturated rings. The fourth-order valence-electron chi connectivity index (χ4n) is 1.92. The number of nitrogens with one attached hydrogen (secondary N) is 1. The van der Waals surface area contributed by atoms with Crippen LogP contribution in [-0.2, 0) is 9.53 Å². The normalized spacial score (nSPS) is 12.4. The van der Waals surface area contributed by atoms with Crippen LogP contribution in [0.5, 0.6) is 5.75 Å². The number of alkyl carbamates (subject to hydrolysis) is 1. The molecule has 0 spiro atoms. The summed E-state index contributed by atoms with van der Waals surface area (Å²) < 4.78 is 25.1. The number of amides is 2. The van der Waals surface area contributed by atoms with Crippen molar-refractivity contribution in [3.8, 4) is 5.75 Å². The molecule has 0 bridgehead atoms. The highest BCUT2D eigenvalue weighted by molar-refractivity contribution is 9.10. The molecule has 2 amide bonds. The standard InChI is InChI=1S/C17H24BrFN2O4/c1-10-5-7-12(15(19)14(10)18)24-9-11(6-8-13(20)22)21-16(23)25-17(2,3)4/h5,7,11H,6,8-9H2,1-4H3,(H2,20,22)(H,21,23)/t11-/m0/s1. The van der Waals surface area contributed by atoms with Gasteiger partial charge < -0.3 is 20.5 Å². The minimum absolute atomic E-state index is 0.0288. The number of aryl methyl sites for hydroxylation is 1. The Hall–Kier alpha value is -1.83. The molecule has 0 aliphatic carbocycles. The molecule has 0 saturated carbocycles. The zero-order valence-corrected chi connectivity index (χ0v) is 16.4. The van der Waals surface area contributed by atoms with Crippen LogP contribution in [0.2, 0.25) is 0 Å². The molecular weight excluding hydrogens is 395 g/mol. The van der Waals surface area contributed by atoms with Crippen LogP contribution in [0.4, 0.5) is 9.18 Å². The lowest BCUT2D eigenvalue weighted by Gasteiger charge is -2.23. The van der Waals surface area contributed by atoms with Crippen LogP contribution < -0.4 is 15.8 Å². The maximum Gasteiger partial charge on any atom is 0.407 e. The fourth-order valence-corrected chi connectivity index (χ4v) is 2.25. The quantitative estimate of drug-likeness (QED) is 0.709. The number of hydrogen-bond donors (Lipinski definition) is 2. The molecule has 140 valence electrons. The van der Waals surface area contributed by atoms with Crippen LogP contribution in [0.3, 0.4) is 0 Å². The topological polar surface area (TPSA) is 90.6 Å². The van der Waals surface area contributed by atoms with Gasteiger partial charge in [0.25, 0.3) is 0 Å². The van der Waals surface area contributed by atoms with Crippen LogP contribution in [0.15, 0.2) is 16.6 Å². The molecule has 6 nitrogen and oxygen atoms in total. The van der Waals surface area contributed by atoms with Crippen LogP contribution in [0.25, 0.3) is 0 Å². The summed E-state index contributed by atoms with van der Waals surface area (Å²) in [6, 6.07) is 2.66. The predicted molar refractivity (Wildman–Crippen MR) is 95.9 cm³/mol. The first kappa shape index (κ1) is 21.2. The summed E-state index contributed by atoms with van der Waals surface area (Å²) in [5.74, 6) is -0.973. The minimum atomic E-state index is -0.660. The highest BCUT2D eigenvalue weighted by Crippen LogP contribution is 2.28. The summed E-state index contributed by atoms with van der Waals surface area (Å²) in [6.45, 7) is 6.94. The second kappa shape index (κ2) is 9.03. The van der Waals surface area contributed by atoms with Crippen LogP contribution >= 0.6 is 15.9 Å². The monoisotopic (exact) mass is 418 g/mol. The second-order valence-electron chi connectivity index (χ2n) is 6.67. The van der Waals surface area contributed by atoms with E-state index in [4.69, 9.17) is 15.2 Å². The van der Waals surface area contributed by atoms with Crippen LogP contribution in [0, 0.1) is 12.7 Å².